The number of fused-ring (bicyclic) bond motifs is 3. The van der Waals surface area contributed by atoms with Crippen LogP contribution in [0.3, 0.4) is 0 Å². The molecule has 1 aliphatic rings. The second-order valence-corrected chi connectivity index (χ2v) is 7.18. The number of alkyl halides is 2. The summed E-state index contributed by atoms with van der Waals surface area (Å²) in [5, 5.41) is 4.30. The van der Waals surface area contributed by atoms with Crippen molar-refractivity contribution in [3.05, 3.63) is 74.8 Å². The van der Waals surface area contributed by atoms with Crippen molar-refractivity contribution in [3.63, 3.8) is 0 Å². The van der Waals surface area contributed by atoms with Crippen LogP contribution < -0.4 is 0 Å². The van der Waals surface area contributed by atoms with E-state index in [-0.39, 0.29) is 44.2 Å². The van der Waals surface area contributed by atoms with Crippen LogP contribution in [-0.2, 0) is 6.42 Å². The van der Waals surface area contributed by atoms with Crippen LogP contribution in [0.25, 0.3) is 5.69 Å². The predicted octanol–water partition coefficient (Wildman–Crippen LogP) is 5.57. The smallest absolute Gasteiger partial charge is 0.245 e. The third-order valence-corrected chi connectivity index (χ3v) is 5.25. The van der Waals surface area contributed by atoms with Crippen LogP contribution in [0.5, 0.6) is 0 Å². The van der Waals surface area contributed by atoms with Gasteiger partial charge in [-0.25, -0.2) is 27.2 Å². The molecule has 0 saturated heterocycles. The van der Waals surface area contributed by atoms with Crippen LogP contribution in [0.4, 0.5) is 17.6 Å². The Morgan fingerprint density at radius 1 is 1.07 bits per heavy atom. The molecule has 0 saturated carbocycles. The van der Waals surface area contributed by atoms with Gasteiger partial charge in [-0.2, -0.15) is 5.10 Å². The van der Waals surface area contributed by atoms with E-state index in [2.05, 4.69) is 15.1 Å². The Morgan fingerprint density at radius 2 is 1.76 bits per heavy atom. The van der Waals surface area contributed by atoms with Crippen LogP contribution in [0.1, 0.15) is 35.7 Å². The average Bonchev–Trinajstić information content (AvgIpc) is 3.01. The highest BCUT2D eigenvalue weighted by atomic mass is 35.5. The van der Waals surface area contributed by atoms with E-state index in [1.165, 1.54) is 22.9 Å². The molecule has 0 unspecified atom stereocenters. The van der Waals surface area contributed by atoms with Gasteiger partial charge in [0.05, 0.1) is 33.4 Å². The summed E-state index contributed by atoms with van der Waals surface area (Å²) in [6.07, 6.45) is -3.26. The van der Waals surface area contributed by atoms with Crippen molar-refractivity contribution in [1.82, 2.24) is 14.8 Å². The first-order chi connectivity index (χ1) is 13.8. The minimum atomic E-state index is -2.63. The van der Waals surface area contributed by atoms with E-state index in [4.69, 9.17) is 23.2 Å². The highest BCUT2D eigenvalue weighted by Crippen LogP contribution is 2.37. The summed E-state index contributed by atoms with van der Waals surface area (Å²) in [5.41, 5.74) is -0.00272. The number of aliphatic imine (C=N–C) groups is 1. The number of nitrogens with zero attached hydrogens (tertiary/aromatic N) is 4. The molecule has 4 rings (SSSR count). The normalized spacial score (nSPS) is 15.7. The number of hydrogen-bond donors (Lipinski definition) is 0. The molecule has 0 aliphatic carbocycles. The molecule has 4 nitrogen and oxygen atoms in total. The first kappa shape index (κ1) is 19.8. The van der Waals surface area contributed by atoms with Crippen molar-refractivity contribution < 1.29 is 17.6 Å². The van der Waals surface area contributed by atoms with E-state index in [1.54, 1.807) is 6.92 Å². The van der Waals surface area contributed by atoms with Gasteiger partial charge >= 0.3 is 0 Å². The van der Waals surface area contributed by atoms with Gasteiger partial charge in [-0.1, -0.05) is 29.3 Å². The van der Waals surface area contributed by atoms with Crippen LogP contribution >= 0.6 is 23.2 Å². The second kappa shape index (κ2) is 7.42. The summed E-state index contributed by atoms with van der Waals surface area (Å²) in [7, 11) is 0. The number of hydrogen-bond acceptors (Lipinski definition) is 3. The SMILES string of the molecule is C[C@@H]1N=C(c2c(F)cccc2F)c2c(ccc(Cl)c2Cl)-n2nc(CC(F)F)nc21. The molecule has 2 heterocycles. The molecule has 1 aliphatic heterocycles. The second-order valence-electron chi connectivity index (χ2n) is 6.40. The van der Waals surface area contributed by atoms with Crippen molar-refractivity contribution in [2.45, 2.75) is 25.8 Å². The van der Waals surface area contributed by atoms with E-state index in [0.717, 1.165) is 12.1 Å². The fourth-order valence-corrected chi connectivity index (χ4v) is 3.62. The van der Waals surface area contributed by atoms with Gasteiger partial charge in [-0.3, -0.25) is 4.99 Å². The molecule has 150 valence electrons. The van der Waals surface area contributed by atoms with Gasteiger partial charge < -0.3 is 0 Å². The lowest BCUT2D eigenvalue weighted by molar-refractivity contribution is 0.146. The van der Waals surface area contributed by atoms with Gasteiger partial charge in [0.2, 0.25) is 6.43 Å². The average molecular weight is 443 g/mol. The highest BCUT2D eigenvalue weighted by Gasteiger charge is 2.31. The minimum absolute atomic E-state index is 0.0107. The zero-order valence-electron chi connectivity index (χ0n) is 14.8. The summed E-state index contributed by atoms with van der Waals surface area (Å²) >= 11 is 12.5. The first-order valence-electron chi connectivity index (χ1n) is 8.52. The molecule has 0 amide bonds. The van der Waals surface area contributed by atoms with E-state index in [9.17, 15) is 17.6 Å². The maximum Gasteiger partial charge on any atom is 0.245 e. The van der Waals surface area contributed by atoms with Gasteiger partial charge in [0.25, 0.3) is 0 Å². The molecule has 29 heavy (non-hydrogen) atoms. The molecule has 0 fully saturated rings. The van der Waals surface area contributed by atoms with Crippen molar-refractivity contribution in [3.8, 4) is 5.69 Å². The molecule has 0 N–H and O–H groups in total. The molecule has 0 bridgehead atoms. The molecule has 3 aromatic rings. The van der Waals surface area contributed by atoms with Crippen molar-refractivity contribution in [2.75, 3.05) is 0 Å². The summed E-state index contributed by atoms with van der Waals surface area (Å²) in [6, 6.07) is 5.70. The van der Waals surface area contributed by atoms with E-state index < -0.39 is 30.5 Å². The standard InChI is InChI=1S/C19H12Cl2F4N4/c1-8-19-27-14(7-13(24)25)28-29(19)12-6-5-9(20)17(21)16(12)18(26-8)15-10(22)3-2-4-11(15)23/h2-6,8,13H,7H2,1H3/t8-/m0/s1. The number of halogens is 6. The van der Waals surface area contributed by atoms with Gasteiger partial charge in [0.15, 0.2) is 11.6 Å². The van der Waals surface area contributed by atoms with Crippen LogP contribution in [0.15, 0.2) is 35.3 Å². The molecular weight excluding hydrogens is 431 g/mol. The van der Waals surface area contributed by atoms with E-state index >= 15 is 0 Å². The topological polar surface area (TPSA) is 43.1 Å². The lowest BCUT2D eigenvalue weighted by Gasteiger charge is -2.14. The van der Waals surface area contributed by atoms with Crippen LogP contribution in [0, 0.1) is 11.6 Å². The first-order valence-corrected chi connectivity index (χ1v) is 9.28. The van der Waals surface area contributed by atoms with Gasteiger partial charge in [-0.15, -0.1) is 0 Å². The molecule has 1 aromatic heterocycles. The van der Waals surface area contributed by atoms with Crippen LogP contribution in [-0.4, -0.2) is 26.9 Å². The monoisotopic (exact) mass is 442 g/mol. The molecule has 1 atom stereocenters. The third-order valence-electron chi connectivity index (χ3n) is 4.45. The predicted molar refractivity (Wildman–Crippen MR) is 101 cm³/mol. The Balaban J connectivity index is 2.03. The molecule has 0 spiro atoms. The van der Waals surface area contributed by atoms with Gasteiger partial charge in [-0.05, 0) is 31.2 Å². The van der Waals surface area contributed by atoms with Crippen molar-refractivity contribution >= 4 is 28.9 Å². The zero-order chi connectivity index (χ0) is 20.9. The van der Waals surface area contributed by atoms with E-state index in [1.807, 2.05) is 0 Å². The molecular formula is C19H12Cl2F4N4. The summed E-state index contributed by atoms with van der Waals surface area (Å²) in [6.45, 7) is 1.62. The fraction of sp³-hybridized carbons (Fsp3) is 0.211. The number of rotatable bonds is 3. The molecule has 10 heteroatoms. The van der Waals surface area contributed by atoms with Gasteiger partial charge in [0, 0.05) is 5.56 Å². The summed E-state index contributed by atoms with van der Waals surface area (Å²) in [5.74, 6) is -1.49. The Labute approximate surface area is 172 Å². The minimum Gasteiger partial charge on any atom is -0.273 e. The highest BCUT2D eigenvalue weighted by molar-refractivity contribution is 6.45. The number of benzene rings is 2. The summed E-state index contributed by atoms with van der Waals surface area (Å²) in [4.78, 5) is 8.58. The quantitative estimate of drug-likeness (QED) is 0.497. The van der Waals surface area contributed by atoms with Crippen LogP contribution in [0.2, 0.25) is 10.0 Å². The lowest BCUT2D eigenvalue weighted by atomic mass is 9.99. The Morgan fingerprint density at radius 3 is 2.41 bits per heavy atom. The molecule has 2 aromatic carbocycles. The van der Waals surface area contributed by atoms with Crippen molar-refractivity contribution in [2.24, 2.45) is 4.99 Å². The fourth-order valence-electron chi connectivity index (χ4n) is 3.21. The Hall–Kier alpha value is -2.45. The van der Waals surface area contributed by atoms with E-state index in [0.29, 0.717) is 0 Å². The number of aromatic nitrogens is 3. The van der Waals surface area contributed by atoms with Gasteiger partial charge in [0.1, 0.15) is 17.7 Å². The maximum atomic E-state index is 14.6. The third kappa shape index (κ3) is 3.40. The lowest BCUT2D eigenvalue weighted by Crippen LogP contribution is -2.13. The summed E-state index contributed by atoms with van der Waals surface area (Å²) < 4.78 is 56.1. The molecule has 0 radical (unpaired) electrons. The Bertz CT molecular complexity index is 1120. The Kier molecular flexibility index (Phi) is 5.08. The maximum absolute atomic E-state index is 14.6. The largest absolute Gasteiger partial charge is 0.273 e. The zero-order valence-corrected chi connectivity index (χ0v) is 16.3. The van der Waals surface area contributed by atoms with Crippen molar-refractivity contribution in [1.29, 1.82) is 0 Å².